The van der Waals surface area contributed by atoms with Crippen molar-refractivity contribution in [3.05, 3.63) is 44.7 Å². The zero-order chi connectivity index (χ0) is 17.4. The summed E-state index contributed by atoms with van der Waals surface area (Å²) in [5, 5.41) is 10.0. The lowest BCUT2D eigenvalue weighted by atomic mass is 9.98. The van der Waals surface area contributed by atoms with Crippen molar-refractivity contribution in [1.29, 1.82) is 5.26 Å². The van der Waals surface area contributed by atoms with Gasteiger partial charge in [-0.1, -0.05) is 20.8 Å². The van der Waals surface area contributed by atoms with E-state index < -0.39 is 0 Å². The number of nitrogens with zero attached hydrogens (tertiary/aromatic N) is 3. The fourth-order valence-electron chi connectivity index (χ4n) is 2.19. The van der Waals surface area contributed by atoms with Crippen molar-refractivity contribution in [2.75, 3.05) is 0 Å². The van der Waals surface area contributed by atoms with Gasteiger partial charge in [0.1, 0.15) is 11.8 Å². The van der Waals surface area contributed by atoms with Gasteiger partial charge >= 0.3 is 0 Å². The summed E-state index contributed by atoms with van der Waals surface area (Å²) in [6.07, 6.45) is 3.34. The van der Waals surface area contributed by atoms with E-state index in [1.807, 2.05) is 25.5 Å². The quantitative estimate of drug-likeness (QED) is 0.628. The van der Waals surface area contributed by atoms with Gasteiger partial charge in [0.15, 0.2) is 5.78 Å². The van der Waals surface area contributed by atoms with Crippen LogP contribution < -0.4 is 0 Å². The number of thiazole rings is 1. The number of rotatable bonds is 3. The van der Waals surface area contributed by atoms with Gasteiger partial charge in [0.2, 0.25) is 0 Å². The molecule has 0 N–H and O–H groups in total. The number of ketones is 1. The maximum Gasteiger partial charge on any atom is 0.197 e. The Balaban J connectivity index is 2.30. The number of aromatic nitrogens is 2. The molecule has 2 heterocycles. The molecule has 0 aliphatic rings. The summed E-state index contributed by atoms with van der Waals surface area (Å²) in [5.74, 6) is -0.0442. The lowest BCUT2D eigenvalue weighted by molar-refractivity contribution is 0.105. The summed E-state index contributed by atoms with van der Waals surface area (Å²) in [6.45, 7) is 10.1. The first-order valence-electron chi connectivity index (χ1n) is 7.42. The van der Waals surface area contributed by atoms with E-state index in [1.54, 1.807) is 18.2 Å². The molecular weight excluding hydrogens is 306 g/mol. The predicted octanol–water partition coefficient (Wildman–Crippen LogP) is 4.16. The van der Waals surface area contributed by atoms with Crippen molar-refractivity contribution in [3.63, 3.8) is 0 Å². The molecule has 0 saturated carbocycles. The molecule has 0 atom stereocenters. The summed E-state index contributed by atoms with van der Waals surface area (Å²) in [4.78, 5) is 17.7. The van der Waals surface area contributed by atoms with E-state index in [1.165, 1.54) is 11.3 Å². The number of aryl methyl sites for hydroxylation is 1. The van der Waals surface area contributed by atoms with Crippen LogP contribution in [-0.2, 0) is 12.5 Å². The summed E-state index contributed by atoms with van der Waals surface area (Å²) in [5.41, 5.74) is 3.14. The van der Waals surface area contributed by atoms with Crippen LogP contribution in [-0.4, -0.2) is 15.3 Å². The van der Waals surface area contributed by atoms with Crippen molar-refractivity contribution in [2.45, 2.75) is 40.0 Å². The van der Waals surface area contributed by atoms with Crippen LogP contribution in [0, 0.1) is 25.2 Å². The van der Waals surface area contributed by atoms with Crippen molar-refractivity contribution in [2.24, 2.45) is 7.05 Å². The Labute approximate surface area is 141 Å². The van der Waals surface area contributed by atoms with Crippen molar-refractivity contribution in [1.82, 2.24) is 9.55 Å². The largest absolute Gasteiger partial charge is 0.339 e. The third-order valence-electron chi connectivity index (χ3n) is 3.77. The zero-order valence-corrected chi connectivity index (χ0v) is 15.2. The molecule has 0 radical (unpaired) electrons. The minimum absolute atomic E-state index is 0.0442. The predicted molar refractivity (Wildman–Crippen MR) is 93.8 cm³/mol. The summed E-state index contributed by atoms with van der Waals surface area (Å²) < 4.78 is 1.82. The second kappa shape index (κ2) is 6.13. The first-order chi connectivity index (χ1) is 10.6. The van der Waals surface area contributed by atoms with Crippen LogP contribution >= 0.6 is 11.3 Å². The molecule has 2 rings (SSSR count). The monoisotopic (exact) mass is 327 g/mol. The number of carbonyl (C=O) groups excluding carboxylic acids is 1. The van der Waals surface area contributed by atoms with Crippen LogP contribution in [0.15, 0.2) is 12.1 Å². The molecule has 23 heavy (non-hydrogen) atoms. The highest BCUT2D eigenvalue weighted by atomic mass is 32.1. The highest BCUT2D eigenvalue weighted by Gasteiger charge is 2.22. The highest BCUT2D eigenvalue weighted by Crippen LogP contribution is 2.29. The number of hydrogen-bond acceptors (Lipinski definition) is 4. The Morgan fingerprint density at radius 1 is 1.39 bits per heavy atom. The van der Waals surface area contributed by atoms with Crippen LogP contribution in [0.5, 0.6) is 0 Å². The van der Waals surface area contributed by atoms with E-state index in [2.05, 4.69) is 31.8 Å². The summed E-state index contributed by atoms with van der Waals surface area (Å²) in [6, 6.07) is 3.93. The molecule has 4 nitrogen and oxygen atoms in total. The van der Waals surface area contributed by atoms with Crippen molar-refractivity contribution >= 4 is 23.2 Å². The molecular formula is C18H21N3OS. The van der Waals surface area contributed by atoms with E-state index in [-0.39, 0.29) is 11.2 Å². The number of allylic oxidation sites excluding steroid dienone is 1. The average Bonchev–Trinajstić information content (AvgIpc) is 2.99. The standard InChI is InChI=1S/C18H21N3OS/c1-11-16(23-17(20-11)18(3,4)5)15(22)8-7-13-9-14(10-19)21(6)12(13)2/h7-9H,1-6H3/b8-7+. The molecule has 0 unspecified atom stereocenters. The molecule has 2 aromatic heterocycles. The third kappa shape index (κ3) is 3.43. The van der Waals surface area contributed by atoms with Gasteiger partial charge in [-0.3, -0.25) is 4.79 Å². The summed E-state index contributed by atoms with van der Waals surface area (Å²) >= 11 is 1.46. The molecule has 0 bridgehead atoms. The van der Waals surface area contributed by atoms with Gasteiger partial charge in [-0.15, -0.1) is 11.3 Å². The van der Waals surface area contributed by atoms with Gasteiger partial charge in [0, 0.05) is 18.2 Å². The van der Waals surface area contributed by atoms with E-state index in [4.69, 9.17) is 5.26 Å². The molecule has 0 aromatic carbocycles. The first kappa shape index (κ1) is 17.2. The second-order valence-corrected chi connectivity index (χ2v) is 7.62. The van der Waals surface area contributed by atoms with Gasteiger partial charge in [-0.2, -0.15) is 5.26 Å². The van der Waals surface area contributed by atoms with Gasteiger partial charge in [0.25, 0.3) is 0 Å². The lowest BCUT2D eigenvalue weighted by Gasteiger charge is -2.13. The van der Waals surface area contributed by atoms with Crippen molar-refractivity contribution in [3.8, 4) is 6.07 Å². The second-order valence-electron chi connectivity index (χ2n) is 6.62. The van der Waals surface area contributed by atoms with Crippen LogP contribution in [0.3, 0.4) is 0 Å². The van der Waals surface area contributed by atoms with Gasteiger partial charge in [-0.25, -0.2) is 4.98 Å². The van der Waals surface area contributed by atoms with Crippen molar-refractivity contribution < 1.29 is 4.79 Å². The highest BCUT2D eigenvalue weighted by molar-refractivity contribution is 7.14. The van der Waals surface area contributed by atoms with Gasteiger partial charge < -0.3 is 4.57 Å². The maximum atomic E-state index is 12.5. The molecule has 0 saturated heterocycles. The van der Waals surface area contributed by atoms with Gasteiger partial charge in [0.05, 0.1) is 15.6 Å². The third-order valence-corrected chi connectivity index (χ3v) is 5.36. The first-order valence-corrected chi connectivity index (χ1v) is 8.23. The normalized spacial score (nSPS) is 11.9. The lowest BCUT2D eigenvalue weighted by Crippen LogP contribution is -2.10. The molecule has 0 amide bonds. The van der Waals surface area contributed by atoms with E-state index in [9.17, 15) is 4.79 Å². The molecule has 0 spiro atoms. The number of carbonyl (C=O) groups is 1. The average molecular weight is 327 g/mol. The fraction of sp³-hybridized carbons (Fsp3) is 0.389. The smallest absolute Gasteiger partial charge is 0.197 e. The minimum Gasteiger partial charge on any atom is -0.339 e. The van der Waals surface area contributed by atoms with Crippen LogP contribution in [0.25, 0.3) is 6.08 Å². The zero-order valence-electron chi connectivity index (χ0n) is 14.4. The Morgan fingerprint density at radius 2 is 2.04 bits per heavy atom. The number of nitriles is 1. The summed E-state index contributed by atoms with van der Waals surface area (Å²) in [7, 11) is 1.84. The Morgan fingerprint density at radius 3 is 2.52 bits per heavy atom. The Kier molecular flexibility index (Phi) is 4.58. The molecule has 0 aliphatic heterocycles. The molecule has 0 aliphatic carbocycles. The topological polar surface area (TPSA) is 58.7 Å². The molecule has 5 heteroatoms. The molecule has 2 aromatic rings. The van der Waals surface area contributed by atoms with E-state index in [0.717, 1.165) is 22.0 Å². The Bertz CT molecular complexity index is 826. The fourth-order valence-corrected chi connectivity index (χ4v) is 3.23. The van der Waals surface area contributed by atoms with Crippen LogP contribution in [0.1, 0.15) is 58.1 Å². The number of hydrogen-bond donors (Lipinski definition) is 0. The maximum absolute atomic E-state index is 12.5. The van der Waals surface area contributed by atoms with E-state index in [0.29, 0.717) is 10.6 Å². The van der Waals surface area contributed by atoms with Crippen LogP contribution in [0.2, 0.25) is 0 Å². The van der Waals surface area contributed by atoms with E-state index >= 15 is 0 Å². The minimum atomic E-state index is -0.0601. The molecule has 0 fully saturated rings. The SMILES string of the molecule is Cc1nc(C(C)(C)C)sc1C(=O)/C=C/c1cc(C#N)n(C)c1C. The van der Waals surface area contributed by atoms with Crippen LogP contribution in [0.4, 0.5) is 0 Å². The molecule has 120 valence electrons. The van der Waals surface area contributed by atoms with Gasteiger partial charge in [-0.05, 0) is 37.6 Å². The Hall–Kier alpha value is -2.19.